The molecule has 0 aliphatic rings. The van der Waals surface area contributed by atoms with Crippen molar-refractivity contribution in [2.75, 3.05) is 18.2 Å². The Morgan fingerprint density at radius 3 is 2.24 bits per heavy atom. The quantitative estimate of drug-likeness (QED) is 0.277. The molecule has 0 saturated carbocycles. The number of nitrogens with one attached hydrogen (secondary N) is 1. The van der Waals surface area contributed by atoms with E-state index in [0.717, 1.165) is 28.1 Å². The number of aromatic nitrogens is 3. The van der Waals surface area contributed by atoms with Gasteiger partial charge in [0.05, 0.1) is 12.9 Å². The lowest BCUT2D eigenvalue weighted by atomic mass is 10.0. The normalized spacial score (nSPS) is 10.8. The summed E-state index contributed by atoms with van der Waals surface area (Å²) in [6.07, 6.45) is 0. The van der Waals surface area contributed by atoms with E-state index in [1.54, 1.807) is 0 Å². The van der Waals surface area contributed by atoms with Crippen LogP contribution in [-0.4, -0.2) is 39.5 Å². The third-order valence-electron chi connectivity index (χ3n) is 5.27. The summed E-state index contributed by atoms with van der Waals surface area (Å²) in [6.45, 7) is 4.03. The number of methoxy groups -OCH3 is 1. The zero-order valence-corrected chi connectivity index (χ0v) is 20.9. The molecule has 174 valence electrons. The Hall–Kier alpha value is -3.43. The number of carbonyl (C=O) groups excluding carboxylic acids is 2. The summed E-state index contributed by atoms with van der Waals surface area (Å²) >= 11 is 2.58. The molecular formula is C25H24N4O3S2. The second kappa shape index (κ2) is 10.2. The number of anilines is 1. The van der Waals surface area contributed by atoms with Crippen molar-refractivity contribution in [3.63, 3.8) is 0 Å². The first-order valence-corrected chi connectivity index (χ1v) is 12.4. The smallest absolute Gasteiger partial charge is 0.341 e. The molecular weight excluding hydrogens is 468 g/mol. The first-order valence-electron chi connectivity index (χ1n) is 10.5. The van der Waals surface area contributed by atoms with Crippen molar-refractivity contribution in [3.8, 4) is 22.5 Å². The van der Waals surface area contributed by atoms with Gasteiger partial charge >= 0.3 is 5.97 Å². The zero-order chi connectivity index (χ0) is 24.2. The van der Waals surface area contributed by atoms with Gasteiger partial charge in [-0.25, -0.2) is 4.79 Å². The Bertz CT molecular complexity index is 1330. The van der Waals surface area contributed by atoms with Crippen molar-refractivity contribution < 1.29 is 14.3 Å². The van der Waals surface area contributed by atoms with Gasteiger partial charge in [-0.05, 0) is 19.4 Å². The third-order valence-corrected chi connectivity index (χ3v) is 7.19. The third kappa shape index (κ3) is 5.05. The van der Waals surface area contributed by atoms with Crippen LogP contribution in [0.1, 0.15) is 21.5 Å². The summed E-state index contributed by atoms with van der Waals surface area (Å²) in [6, 6.07) is 15.9. The summed E-state index contributed by atoms with van der Waals surface area (Å²) in [5.41, 5.74) is 5.23. The summed E-state index contributed by atoms with van der Waals surface area (Å²) < 4.78 is 6.85. The van der Waals surface area contributed by atoms with E-state index in [4.69, 9.17) is 4.74 Å². The maximum absolute atomic E-state index is 12.7. The first kappa shape index (κ1) is 23.7. The SMILES string of the molecule is COC(=O)c1c(-c2ccc(C)cc2)csc1NC(=O)CSc1nnc(-c2ccc(C)cc2)n1C. The predicted octanol–water partition coefficient (Wildman–Crippen LogP) is 5.34. The van der Waals surface area contributed by atoms with Gasteiger partial charge in [0, 0.05) is 23.6 Å². The molecule has 0 radical (unpaired) electrons. The van der Waals surface area contributed by atoms with Crippen molar-refractivity contribution in [2.24, 2.45) is 7.05 Å². The summed E-state index contributed by atoms with van der Waals surface area (Å²) in [5.74, 6) is 0.123. The first-order chi connectivity index (χ1) is 16.4. The van der Waals surface area contributed by atoms with Gasteiger partial charge in [0.25, 0.3) is 0 Å². The molecule has 0 unspecified atom stereocenters. The van der Waals surface area contributed by atoms with Crippen molar-refractivity contribution in [1.29, 1.82) is 0 Å². The van der Waals surface area contributed by atoms with E-state index < -0.39 is 5.97 Å². The Balaban J connectivity index is 1.48. The van der Waals surface area contributed by atoms with Crippen LogP contribution in [0.2, 0.25) is 0 Å². The summed E-state index contributed by atoms with van der Waals surface area (Å²) in [7, 11) is 3.21. The largest absolute Gasteiger partial charge is 0.465 e. The van der Waals surface area contributed by atoms with Gasteiger partial charge in [0.2, 0.25) is 5.91 Å². The van der Waals surface area contributed by atoms with Crippen LogP contribution in [0.4, 0.5) is 5.00 Å². The predicted molar refractivity (Wildman–Crippen MR) is 136 cm³/mol. The fourth-order valence-corrected chi connectivity index (χ4v) is 5.07. The van der Waals surface area contributed by atoms with Gasteiger partial charge in [-0.1, -0.05) is 71.4 Å². The summed E-state index contributed by atoms with van der Waals surface area (Å²) in [5, 5.41) is 14.3. The molecule has 0 atom stereocenters. The zero-order valence-electron chi connectivity index (χ0n) is 19.3. The minimum absolute atomic E-state index is 0.123. The fourth-order valence-electron chi connectivity index (χ4n) is 3.39. The average Bonchev–Trinajstić information content (AvgIpc) is 3.41. The molecule has 4 rings (SSSR count). The van der Waals surface area contributed by atoms with Crippen molar-refractivity contribution in [1.82, 2.24) is 14.8 Å². The van der Waals surface area contributed by atoms with Gasteiger partial charge in [0.15, 0.2) is 11.0 Å². The number of rotatable bonds is 7. The van der Waals surface area contributed by atoms with Crippen LogP contribution in [0.3, 0.4) is 0 Å². The molecule has 0 spiro atoms. The molecule has 2 heterocycles. The second-order valence-corrected chi connectivity index (χ2v) is 9.60. The molecule has 34 heavy (non-hydrogen) atoms. The lowest BCUT2D eigenvalue weighted by Crippen LogP contribution is -2.16. The Morgan fingerprint density at radius 2 is 1.62 bits per heavy atom. The molecule has 9 heteroatoms. The van der Waals surface area contributed by atoms with Crippen LogP contribution in [0.15, 0.2) is 59.1 Å². The number of carbonyl (C=O) groups is 2. The number of thiophene rings is 1. The van der Waals surface area contributed by atoms with Crippen molar-refractivity contribution in [3.05, 3.63) is 70.6 Å². The average molecular weight is 493 g/mol. The van der Waals surface area contributed by atoms with Gasteiger partial charge in [-0.3, -0.25) is 4.79 Å². The lowest BCUT2D eigenvalue weighted by Gasteiger charge is -2.08. The minimum Gasteiger partial charge on any atom is -0.465 e. The number of benzene rings is 2. The Labute approximate surface area is 206 Å². The van der Waals surface area contributed by atoms with E-state index in [9.17, 15) is 9.59 Å². The van der Waals surface area contributed by atoms with Gasteiger partial charge in [0.1, 0.15) is 10.6 Å². The van der Waals surface area contributed by atoms with E-state index in [1.165, 1.54) is 35.8 Å². The number of hydrogen-bond acceptors (Lipinski definition) is 7. The highest BCUT2D eigenvalue weighted by molar-refractivity contribution is 7.99. The van der Waals surface area contributed by atoms with Crippen molar-refractivity contribution in [2.45, 2.75) is 19.0 Å². The maximum atomic E-state index is 12.7. The van der Waals surface area contributed by atoms with E-state index in [1.807, 2.05) is 79.4 Å². The number of nitrogens with zero attached hydrogens (tertiary/aromatic N) is 3. The molecule has 2 aromatic heterocycles. The lowest BCUT2D eigenvalue weighted by molar-refractivity contribution is -0.113. The topological polar surface area (TPSA) is 86.1 Å². The van der Waals surface area contributed by atoms with Crippen LogP contribution in [0.5, 0.6) is 0 Å². The monoisotopic (exact) mass is 492 g/mol. The van der Waals surface area contributed by atoms with Crippen LogP contribution < -0.4 is 5.32 Å². The molecule has 2 aromatic carbocycles. The molecule has 0 bridgehead atoms. The molecule has 1 amide bonds. The van der Waals surface area contributed by atoms with Crippen LogP contribution in [0, 0.1) is 13.8 Å². The van der Waals surface area contributed by atoms with Crippen LogP contribution >= 0.6 is 23.1 Å². The molecule has 0 fully saturated rings. The molecule has 0 saturated heterocycles. The Morgan fingerprint density at radius 1 is 1.00 bits per heavy atom. The van der Waals surface area contributed by atoms with E-state index in [-0.39, 0.29) is 11.7 Å². The molecule has 1 N–H and O–H groups in total. The Kier molecular flexibility index (Phi) is 7.14. The minimum atomic E-state index is -0.490. The number of aryl methyl sites for hydroxylation is 2. The van der Waals surface area contributed by atoms with Crippen LogP contribution in [-0.2, 0) is 16.6 Å². The highest BCUT2D eigenvalue weighted by Crippen LogP contribution is 2.36. The van der Waals surface area contributed by atoms with E-state index in [0.29, 0.717) is 15.7 Å². The number of ether oxygens (including phenoxy) is 1. The van der Waals surface area contributed by atoms with Gasteiger partial charge in [-0.15, -0.1) is 21.5 Å². The van der Waals surface area contributed by atoms with Gasteiger partial charge in [-0.2, -0.15) is 0 Å². The number of amides is 1. The summed E-state index contributed by atoms with van der Waals surface area (Å²) in [4.78, 5) is 25.3. The standard InChI is InChI=1S/C25H24N4O3S2/c1-15-5-9-17(10-6-15)19-13-33-23(21(19)24(31)32-4)26-20(30)14-34-25-28-27-22(29(25)3)18-11-7-16(2)8-12-18/h5-13H,14H2,1-4H3,(H,26,30). The molecule has 4 aromatic rings. The number of thioether (sulfide) groups is 1. The highest BCUT2D eigenvalue weighted by Gasteiger charge is 2.22. The molecule has 0 aliphatic carbocycles. The number of hydrogen-bond donors (Lipinski definition) is 1. The van der Waals surface area contributed by atoms with E-state index >= 15 is 0 Å². The highest BCUT2D eigenvalue weighted by atomic mass is 32.2. The second-order valence-electron chi connectivity index (χ2n) is 7.78. The maximum Gasteiger partial charge on any atom is 0.341 e. The van der Waals surface area contributed by atoms with Crippen LogP contribution in [0.25, 0.3) is 22.5 Å². The molecule has 0 aliphatic heterocycles. The number of esters is 1. The van der Waals surface area contributed by atoms with Crippen molar-refractivity contribution >= 4 is 40.0 Å². The molecule has 7 nitrogen and oxygen atoms in total. The van der Waals surface area contributed by atoms with Gasteiger partial charge < -0.3 is 14.6 Å². The fraction of sp³-hybridized carbons (Fsp3) is 0.200. The van der Waals surface area contributed by atoms with E-state index in [2.05, 4.69) is 15.5 Å².